The lowest BCUT2D eigenvalue weighted by Gasteiger charge is -2.27. The zero-order valence-corrected chi connectivity index (χ0v) is 15.1. The van der Waals surface area contributed by atoms with Crippen molar-refractivity contribution in [1.82, 2.24) is 0 Å². The summed E-state index contributed by atoms with van der Waals surface area (Å²) in [6.45, 7) is 3.87. The molecule has 1 aliphatic heterocycles. The Bertz CT molecular complexity index is 894. The molecule has 0 saturated carbocycles. The number of primary amides is 1. The molecular weight excluding hydrogens is 352 g/mol. The number of ether oxygens (including phenoxy) is 1. The second kappa shape index (κ2) is 7.56. The van der Waals surface area contributed by atoms with Gasteiger partial charge in [0.1, 0.15) is 15.9 Å². The van der Waals surface area contributed by atoms with E-state index < -0.39 is 5.91 Å². The van der Waals surface area contributed by atoms with E-state index in [1.807, 2.05) is 4.90 Å². The lowest BCUT2D eigenvalue weighted by molar-refractivity contribution is -0.114. The number of morpholine rings is 1. The maximum absolute atomic E-state index is 12.0. The number of anilines is 2. The number of nitriles is 1. The third-order valence-corrected chi connectivity index (χ3v) is 5.26. The van der Waals surface area contributed by atoms with Gasteiger partial charge in [-0.2, -0.15) is 5.26 Å². The van der Waals surface area contributed by atoms with Crippen LogP contribution >= 0.6 is 11.3 Å². The van der Waals surface area contributed by atoms with Gasteiger partial charge in [-0.3, -0.25) is 9.59 Å². The average molecular weight is 370 g/mol. The number of carbonyl (C=O) groups excluding carboxylic acids is 2. The minimum atomic E-state index is -0.578. The van der Waals surface area contributed by atoms with Gasteiger partial charge in [-0.05, 0) is 17.7 Å². The molecule has 1 aromatic heterocycles. The van der Waals surface area contributed by atoms with Gasteiger partial charge >= 0.3 is 0 Å². The van der Waals surface area contributed by atoms with E-state index in [1.54, 1.807) is 24.3 Å². The summed E-state index contributed by atoms with van der Waals surface area (Å²) in [6.07, 6.45) is 0. The van der Waals surface area contributed by atoms with Crippen LogP contribution in [0, 0.1) is 11.3 Å². The van der Waals surface area contributed by atoms with Crippen molar-refractivity contribution >= 4 is 33.8 Å². The van der Waals surface area contributed by atoms with Crippen LogP contribution in [0.15, 0.2) is 24.3 Å². The molecule has 2 aromatic rings. The summed E-state index contributed by atoms with van der Waals surface area (Å²) in [6, 6.07) is 9.27. The highest BCUT2D eigenvalue weighted by molar-refractivity contribution is 7.18. The normalized spacial score (nSPS) is 13.9. The van der Waals surface area contributed by atoms with E-state index in [0.29, 0.717) is 53.6 Å². The van der Waals surface area contributed by atoms with Crippen molar-refractivity contribution in [2.24, 2.45) is 5.73 Å². The van der Waals surface area contributed by atoms with Crippen molar-refractivity contribution in [1.29, 1.82) is 5.26 Å². The first-order chi connectivity index (χ1) is 12.5. The second-order valence-corrected chi connectivity index (χ2v) is 6.82. The van der Waals surface area contributed by atoms with Gasteiger partial charge in [0.25, 0.3) is 5.91 Å². The fourth-order valence-electron chi connectivity index (χ4n) is 2.92. The van der Waals surface area contributed by atoms with E-state index in [4.69, 9.17) is 10.5 Å². The van der Waals surface area contributed by atoms with Crippen LogP contribution in [0.3, 0.4) is 0 Å². The molecule has 1 saturated heterocycles. The highest BCUT2D eigenvalue weighted by atomic mass is 32.1. The highest BCUT2D eigenvalue weighted by Gasteiger charge is 2.27. The van der Waals surface area contributed by atoms with Crippen LogP contribution in [0.25, 0.3) is 11.1 Å². The summed E-state index contributed by atoms with van der Waals surface area (Å²) in [7, 11) is 0. The van der Waals surface area contributed by atoms with Gasteiger partial charge in [-0.1, -0.05) is 12.1 Å². The summed E-state index contributed by atoms with van der Waals surface area (Å²) in [4.78, 5) is 25.7. The van der Waals surface area contributed by atoms with E-state index in [-0.39, 0.29) is 5.91 Å². The van der Waals surface area contributed by atoms with Gasteiger partial charge in [0, 0.05) is 31.3 Å². The smallest absolute Gasteiger partial charge is 0.259 e. The third-order valence-electron chi connectivity index (χ3n) is 4.00. The molecule has 26 heavy (non-hydrogen) atoms. The molecule has 1 fully saturated rings. The molecule has 0 aliphatic carbocycles. The number of benzene rings is 1. The van der Waals surface area contributed by atoms with E-state index in [0.717, 1.165) is 5.00 Å². The molecule has 0 unspecified atom stereocenters. The molecule has 0 atom stereocenters. The molecule has 8 heteroatoms. The quantitative estimate of drug-likeness (QED) is 0.857. The van der Waals surface area contributed by atoms with Crippen molar-refractivity contribution in [2.45, 2.75) is 6.92 Å². The molecule has 0 radical (unpaired) electrons. The van der Waals surface area contributed by atoms with Crippen molar-refractivity contribution < 1.29 is 14.3 Å². The van der Waals surface area contributed by atoms with Crippen molar-refractivity contribution in [3.05, 3.63) is 34.7 Å². The topological polar surface area (TPSA) is 108 Å². The predicted octanol–water partition coefficient (Wildman–Crippen LogP) is 2.18. The van der Waals surface area contributed by atoms with E-state index in [2.05, 4.69) is 11.4 Å². The van der Waals surface area contributed by atoms with Gasteiger partial charge in [0.2, 0.25) is 5.91 Å². The lowest BCUT2D eigenvalue weighted by Crippen LogP contribution is -2.36. The maximum atomic E-state index is 12.0. The molecule has 7 nitrogen and oxygen atoms in total. The van der Waals surface area contributed by atoms with Crippen LogP contribution in [0.2, 0.25) is 0 Å². The highest BCUT2D eigenvalue weighted by Crippen LogP contribution is 2.42. The Morgan fingerprint density at radius 1 is 1.35 bits per heavy atom. The third kappa shape index (κ3) is 3.54. The van der Waals surface area contributed by atoms with E-state index >= 15 is 0 Å². The molecule has 1 aliphatic rings. The minimum absolute atomic E-state index is 0.197. The number of rotatable bonds is 4. The van der Waals surface area contributed by atoms with Crippen LogP contribution in [0.5, 0.6) is 0 Å². The zero-order valence-electron chi connectivity index (χ0n) is 14.2. The largest absolute Gasteiger partial charge is 0.378 e. The van der Waals surface area contributed by atoms with Crippen LogP contribution in [0.1, 0.15) is 22.2 Å². The number of thiophene rings is 1. The Hall–Kier alpha value is -2.89. The van der Waals surface area contributed by atoms with Crippen molar-refractivity contribution in [2.75, 3.05) is 36.5 Å². The molecule has 134 valence electrons. The molecule has 2 heterocycles. The van der Waals surface area contributed by atoms with Gasteiger partial charge in [0.15, 0.2) is 0 Å². The van der Waals surface area contributed by atoms with Crippen molar-refractivity contribution in [3.8, 4) is 17.2 Å². The minimum Gasteiger partial charge on any atom is -0.378 e. The summed E-state index contributed by atoms with van der Waals surface area (Å²) < 4.78 is 5.36. The van der Waals surface area contributed by atoms with Crippen LogP contribution in [-0.2, 0) is 9.53 Å². The molecule has 0 bridgehead atoms. The first kappa shape index (κ1) is 17.9. The van der Waals surface area contributed by atoms with Crippen LogP contribution in [-0.4, -0.2) is 38.1 Å². The van der Waals surface area contributed by atoms with Crippen molar-refractivity contribution in [3.63, 3.8) is 0 Å². The number of carbonyl (C=O) groups is 2. The average Bonchev–Trinajstić information content (AvgIpc) is 3.02. The first-order valence-electron chi connectivity index (χ1n) is 8.08. The Morgan fingerprint density at radius 2 is 2.08 bits per heavy atom. The summed E-state index contributed by atoms with van der Waals surface area (Å²) in [5.74, 6) is -0.775. The number of hydrogen-bond donors (Lipinski definition) is 2. The summed E-state index contributed by atoms with van der Waals surface area (Å²) >= 11 is 1.23. The predicted molar refractivity (Wildman–Crippen MR) is 100 cm³/mol. The van der Waals surface area contributed by atoms with E-state index in [9.17, 15) is 14.9 Å². The number of amides is 2. The fourth-order valence-corrected chi connectivity index (χ4v) is 4.09. The molecule has 1 aromatic carbocycles. The van der Waals surface area contributed by atoms with Gasteiger partial charge in [0.05, 0.1) is 18.8 Å². The Kier molecular flexibility index (Phi) is 5.21. The number of hydrogen-bond acceptors (Lipinski definition) is 6. The first-order valence-corrected chi connectivity index (χ1v) is 8.90. The summed E-state index contributed by atoms with van der Waals surface area (Å²) in [5.41, 5.74) is 7.78. The Morgan fingerprint density at radius 3 is 2.69 bits per heavy atom. The molecule has 2 amide bonds. The monoisotopic (exact) mass is 370 g/mol. The second-order valence-electron chi connectivity index (χ2n) is 5.82. The summed E-state index contributed by atoms with van der Waals surface area (Å²) in [5, 5.41) is 13.2. The molecule has 3 N–H and O–H groups in total. The number of nitrogens with two attached hydrogens (primary N) is 1. The number of nitrogens with one attached hydrogen (secondary N) is 1. The van der Waals surface area contributed by atoms with Gasteiger partial charge in [-0.15, -0.1) is 11.3 Å². The van der Waals surface area contributed by atoms with E-state index in [1.165, 1.54) is 18.3 Å². The standard InChI is InChI=1S/C18H18N4O3S/c1-11(23)21-13-4-2-3-12(9-13)15-14(10-19)18(26-16(15)17(20)24)22-5-7-25-8-6-22/h2-4,9H,5-8H2,1H3,(H2,20,24)(H,21,23). The Balaban J connectivity index is 2.14. The molecule has 0 spiro atoms. The molecular formula is C18H18N4O3S. The zero-order chi connectivity index (χ0) is 18.7. The van der Waals surface area contributed by atoms with Gasteiger partial charge in [-0.25, -0.2) is 0 Å². The Labute approximate surface area is 155 Å². The SMILES string of the molecule is CC(=O)Nc1cccc(-c2c(C(N)=O)sc(N3CCOCC3)c2C#N)c1. The van der Waals surface area contributed by atoms with Gasteiger partial charge < -0.3 is 20.7 Å². The lowest BCUT2D eigenvalue weighted by atomic mass is 10.0. The molecule has 3 rings (SSSR count). The fraction of sp³-hybridized carbons (Fsp3) is 0.278. The van der Waals surface area contributed by atoms with Crippen LogP contribution < -0.4 is 16.0 Å². The number of nitrogens with zero attached hydrogens (tertiary/aromatic N) is 2. The maximum Gasteiger partial charge on any atom is 0.259 e. The van der Waals surface area contributed by atoms with Crippen LogP contribution in [0.4, 0.5) is 10.7 Å².